The Morgan fingerprint density at radius 2 is 2.06 bits per heavy atom. The van der Waals surface area contributed by atoms with Gasteiger partial charge in [-0.2, -0.15) is 0 Å². The van der Waals surface area contributed by atoms with E-state index in [9.17, 15) is 4.79 Å². The van der Waals surface area contributed by atoms with Crippen LogP contribution in [0.15, 0.2) is 24.3 Å². The van der Waals surface area contributed by atoms with Crippen LogP contribution in [0.3, 0.4) is 0 Å². The number of hydrogen-bond donors (Lipinski definition) is 2. The number of carboxylic acid groups (broad SMARTS) is 1. The van der Waals surface area contributed by atoms with E-state index < -0.39 is 12.0 Å². The van der Waals surface area contributed by atoms with Gasteiger partial charge in [0.05, 0.1) is 0 Å². The van der Waals surface area contributed by atoms with Gasteiger partial charge in [0, 0.05) is 5.69 Å². The Balaban J connectivity index is 2.84. The predicted molar refractivity (Wildman–Crippen MR) is 65.7 cm³/mol. The molecule has 88 valence electrons. The molecular formula is C13H19NO2. The van der Waals surface area contributed by atoms with Crippen LogP contribution in [0.2, 0.25) is 0 Å². The number of nitrogens with one attached hydrogen (secondary N) is 1. The number of hydrogen-bond acceptors (Lipinski definition) is 2. The topological polar surface area (TPSA) is 49.3 Å². The summed E-state index contributed by atoms with van der Waals surface area (Å²) < 4.78 is 0. The average Bonchev–Trinajstić information content (AvgIpc) is 2.26. The third-order valence-electron chi connectivity index (χ3n) is 2.94. The van der Waals surface area contributed by atoms with Gasteiger partial charge in [0.1, 0.15) is 6.04 Å². The van der Waals surface area contributed by atoms with E-state index in [1.54, 1.807) is 0 Å². The quantitative estimate of drug-likeness (QED) is 0.803. The van der Waals surface area contributed by atoms with E-state index in [0.29, 0.717) is 0 Å². The van der Waals surface area contributed by atoms with E-state index in [1.165, 1.54) is 0 Å². The molecular weight excluding hydrogens is 202 g/mol. The van der Waals surface area contributed by atoms with Crippen molar-refractivity contribution in [1.82, 2.24) is 0 Å². The van der Waals surface area contributed by atoms with Crippen LogP contribution < -0.4 is 5.32 Å². The van der Waals surface area contributed by atoms with Crippen molar-refractivity contribution in [2.24, 2.45) is 5.92 Å². The van der Waals surface area contributed by atoms with E-state index in [4.69, 9.17) is 5.11 Å². The zero-order valence-electron chi connectivity index (χ0n) is 10.0. The maximum Gasteiger partial charge on any atom is 0.326 e. The zero-order valence-corrected chi connectivity index (χ0v) is 10.0. The van der Waals surface area contributed by atoms with E-state index in [-0.39, 0.29) is 5.92 Å². The lowest BCUT2D eigenvalue weighted by atomic mass is 9.98. The Morgan fingerprint density at radius 1 is 1.44 bits per heavy atom. The molecule has 0 aromatic heterocycles. The number of carboxylic acids is 1. The fourth-order valence-electron chi connectivity index (χ4n) is 1.59. The van der Waals surface area contributed by atoms with Gasteiger partial charge in [-0.25, -0.2) is 4.79 Å². The number of para-hydroxylation sites is 1. The fraction of sp³-hybridized carbons (Fsp3) is 0.462. The molecule has 1 aromatic carbocycles. The lowest BCUT2D eigenvalue weighted by Crippen LogP contribution is -2.35. The molecule has 0 amide bonds. The van der Waals surface area contributed by atoms with Crippen molar-refractivity contribution in [3.8, 4) is 0 Å². The normalized spacial score (nSPS) is 14.2. The second-order valence-electron chi connectivity index (χ2n) is 4.16. The molecule has 1 aromatic rings. The average molecular weight is 221 g/mol. The molecule has 0 spiro atoms. The molecule has 3 heteroatoms. The first-order valence-corrected chi connectivity index (χ1v) is 5.61. The minimum atomic E-state index is -0.794. The van der Waals surface area contributed by atoms with E-state index in [1.807, 2.05) is 45.0 Å². The van der Waals surface area contributed by atoms with E-state index in [2.05, 4.69) is 5.32 Å². The van der Waals surface area contributed by atoms with Gasteiger partial charge >= 0.3 is 5.97 Å². The summed E-state index contributed by atoms with van der Waals surface area (Å²) in [5, 5.41) is 12.3. The highest BCUT2D eigenvalue weighted by Gasteiger charge is 2.23. The smallest absolute Gasteiger partial charge is 0.326 e. The Bertz CT molecular complexity index is 363. The molecule has 0 aliphatic rings. The third kappa shape index (κ3) is 2.99. The van der Waals surface area contributed by atoms with Crippen molar-refractivity contribution in [3.63, 3.8) is 0 Å². The summed E-state index contributed by atoms with van der Waals surface area (Å²) in [6.45, 7) is 5.92. The first-order chi connectivity index (χ1) is 7.56. The highest BCUT2D eigenvalue weighted by Crippen LogP contribution is 2.18. The molecule has 0 saturated carbocycles. The van der Waals surface area contributed by atoms with Crippen molar-refractivity contribution in [2.75, 3.05) is 5.32 Å². The van der Waals surface area contributed by atoms with Crippen LogP contribution in [-0.4, -0.2) is 17.1 Å². The summed E-state index contributed by atoms with van der Waals surface area (Å²) in [6.07, 6.45) is 0.843. The molecule has 0 heterocycles. The standard InChI is InChI=1S/C13H19NO2/c1-4-9(2)12(13(15)16)14-11-8-6-5-7-10(11)3/h5-9,12,14H,4H2,1-3H3,(H,15,16). The van der Waals surface area contributed by atoms with Gasteiger partial charge in [0.2, 0.25) is 0 Å². The summed E-state index contributed by atoms with van der Waals surface area (Å²) >= 11 is 0. The molecule has 0 fully saturated rings. The molecule has 2 N–H and O–H groups in total. The van der Waals surface area contributed by atoms with Crippen molar-refractivity contribution in [3.05, 3.63) is 29.8 Å². The van der Waals surface area contributed by atoms with E-state index >= 15 is 0 Å². The molecule has 0 aliphatic carbocycles. The molecule has 16 heavy (non-hydrogen) atoms. The summed E-state index contributed by atoms with van der Waals surface area (Å²) in [5.41, 5.74) is 1.97. The second kappa shape index (κ2) is 5.54. The van der Waals surface area contributed by atoms with Gasteiger partial charge in [-0.05, 0) is 24.5 Å². The summed E-state index contributed by atoms with van der Waals surface area (Å²) in [6, 6.07) is 7.21. The number of rotatable bonds is 5. The van der Waals surface area contributed by atoms with Gasteiger partial charge in [0.15, 0.2) is 0 Å². The Hall–Kier alpha value is -1.51. The van der Waals surface area contributed by atoms with Gasteiger partial charge < -0.3 is 10.4 Å². The van der Waals surface area contributed by atoms with Crippen LogP contribution >= 0.6 is 0 Å². The van der Waals surface area contributed by atoms with Crippen LogP contribution in [0.4, 0.5) is 5.69 Å². The van der Waals surface area contributed by atoms with Crippen LogP contribution in [0.5, 0.6) is 0 Å². The van der Waals surface area contributed by atoms with Crippen molar-refractivity contribution in [2.45, 2.75) is 33.2 Å². The predicted octanol–water partition coefficient (Wildman–Crippen LogP) is 2.91. The van der Waals surface area contributed by atoms with Crippen LogP contribution in [0.1, 0.15) is 25.8 Å². The second-order valence-corrected chi connectivity index (χ2v) is 4.16. The molecule has 0 radical (unpaired) electrons. The zero-order chi connectivity index (χ0) is 12.1. The van der Waals surface area contributed by atoms with Crippen molar-refractivity contribution < 1.29 is 9.90 Å². The highest BCUT2D eigenvalue weighted by molar-refractivity contribution is 5.78. The molecule has 3 nitrogen and oxygen atoms in total. The highest BCUT2D eigenvalue weighted by atomic mass is 16.4. The summed E-state index contributed by atoms with van der Waals surface area (Å²) in [4.78, 5) is 11.2. The van der Waals surface area contributed by atoms with E-state index in [0.717, 1.165) is 17.7 Å². The number of anilines is 1. The van der Waals surface area contributed by atoms with Crippen LogP contribution in [0.25, 0.3) is 0 Å². The number of aryl methyl sites for hydroxylation is 1. The maximum absolute atomic E-state index is 11.2. The monoisotopic (exact) mass is 221 g/mol. The first-order valence-electron chi connectivity index (χ1n) is 5.61. The first kappa shape index (κ1) is 12.6. The molecule has 2 unspecified atom stereocenters. The minimum Gasteiger partial charge on any atom is -0.480 e. The van der Waals surface area contributed by atoms with Gasteiger partial charge in [-0.3, -0.25) is 0 Å². The SMILES string of the molecule is CCC(C)C(Nc1ccccc1C)C(=O)O. The fourth-order valence-corrected chi connectivity index (χ4v) is 1.59. The lowest BCUT2D eigenvalue weighted by molar-refractivity contribution is -0.139. The molecule has 1 rings (SSSR count). The number of benzene rings is 1. The molecule has 0 bridgehead atoms. The summed E-state index contributed by atoms with van der Waals surface area (Å²) in [5.74, 6) is -0.685. The van der Waals surface area contributed by atoms with Gasteiger partial charge in [-0.15, -0.1) is 0 Å². The maximum atomic E-state index is 11.2. The Kier molecular flexibility index (Phi) is 4.35. The van der Waals surface area contributed by atoms with Gasteiger partial charge in [0.25, 0.3) is 0 Å². The van der Waals surface area contributed by atoms with Crippen molar-refractivity contribution in [1.29, 1.82) is 0 Å². The van der Waals surface area contributed by atoms with Gasteiger partial charge in [-0.1, -0.05) is 38.5 Å². The summed E-state index contributed by atoms with van der Waals surface area (Å²) in [7, 11) is 0. The largest absolute Gasteiger partial charge is 0.480 e. The minimum absolute atomic E-state index is 0.108. The lowest BCUT2D eigenvalue weighted by Gasteiger charge is -2.22. The van der Waals surface area contributed by atoms with Crippen molar-refractivity contribution >= 4 is 11.7 Å². The number of carbonyl (C=O) groups is 1. The van der Waals surface area contributed by atoms with Crippen LogP contribution in [-0.2, 0) is 4.79 Å². The molecule has 0 aliphatic heterocycles. The molecule has 0 saturated heterocycles. The third-order valence-corrected chi connectivity index (χ3v) is 2.94. The number of aliphatic carboxylic acids is 1. The molecule has 2 atom stereocenters. The Labute approximate surface area is 96.5 Å². The Morgan fingerprint density at radius 3 is 2.56 bits per heavy atom. The van der Waals surface area contributed by atoms with Crippen LogP contribution in [0, 0.1) is 12.8 Å².